The van der Waals surface area contributed by atoms with E-state index in [2.05, 4.69) is 38.6 Å². The molecule has 0 bridgehead atoms. The van der Waals surface area contributed by atoms with E-state index in [0.29, 0.717) is 12.6 Å². The lowest BCUT2D eigenvalue weighted by Crippen LogP contribution is -2.44. The molecule has 0 aliphatic carbocycles. The molecule has 2 N–H and O–H groups in total. The average molecular weight is 456 g/mol. The van der Waals surface area contributed by atoms with E-state index in [1.54, 1.807) is 14.2 Å². The van der Waals surface area contributed by atoms with Crippen LogP contribution in [0.4, 0.5) is 0 Å². The maximum Gasteiger partial charge on any atom is 0.191 e. The Morgan fingerprint density at radius 1 is 1.24 bits per heavy atom. The molecule has 1 aromatic carbocycles. The van der Waals surface area contributed by atoms with Crippen molar-refractivity contribution in [1.29, 1.82) is 0 Å². The Kier molecular flexibility index (Phi) is 10.3. The van der Waals surface area contributed by atoms with Crippen molar-refractivity contribution in [1.82, 2.24) is 15.5 Å². The molecule has 0 radical (unpaired) electrons. The minimum Gasteiger partial charge on any atom is -0.497 e. The maximum absolute atomic E-state index is 5.31. The molecule has 1 aliphatic heterocycles. The molecule has 0 spiro atoms. The van der Waals surface area contributed by atoms with Gasteiger partial charge < -0.3 is 15.4 Å². The van der Waals surface area contributed by atoms with Gasteiger partial charge >= 0.3 is 0 Å². The maximum atomic E-state index is 5.31. The topological polar surface area (TPSA) is 48.9 Å². The number of rotatable bonds is 6. The van der Waals surface area contributed by atoms with Gasteiger partial charge in [-0.2, -0.15) is 0 Å². The molecule has 2 rings (SSSR count). The summed E-state index contributed by atoms with van der Waals surface area (Å²) < 4.78 is 5.28. The van der Waals surface area contributed by atoms with Crippen LogP contribution in [0.1, 0.15) is 30.9 Å². The Bertz CT molecular complexity index is 562. The first kappa shape index (κ1) is 21.6. The Hall–Kier alpha value is -1.46. The van der Waals surface area contributed by atoms with Crippen LogP contribution in [0.3, 0.4) is 0 Å². The fourth-order valence-corrected chi connectivity index (χ4v) is 3.06. The van der Waals surface area contributed by atoms with Crippen LogP contribution < -0.4 is 15.4 Å². The van der Waals surface area contributed by atoms with E-state index in [-0.39, 0.29) is 24.0 Å². The third-order valence-corrected chi connectivity index (χ3v) is 4.38. The number of hydrogen-bond acceptors (Lipinski definition) is 3. The molecule has 1 unspecified atom stereocenters. The van der Waals surface area contributed by atoms with Crippen LogP contribution in [0.15, 0.2) is 29.3 Å². The molecule has 1 aliphatic rings. The van der Waals surface area contributed by atoms with Crippen LogP contribution in [-0.2, 0) is 0 Å². The summed E-state index contributed by atoms with van der Waals surface area (Å²) in [6.07, 6.45) is 9.15. The van der Waals surface area contributed by atoms with Gasteiger partial charge in [0.25, 0.3) is 0 Å². The van der Waals surface area contributed by atoms with Gasteiger partial charge in [-0.05, 0) is 43.6 Å². The van der Waals surface area contributed by atoms with Crippen molar-refractivity contribution in [3.8, 4) is 18.1 Å². The zero-order valence-corrected chi connectivity index (χ0v) is 17.5. The second kappa shape index (κ2) is 12.0. The lowest BCUT2D eigenvalue weighted by molar-refractivity contribution is 0.164. The van der Waals surface area contributed by atoms with Crippen LogP contribution in [0.2, 0.25) is 0 Å². The van der Waals surface area contributed by atoms with Crippen molar-refractivity contribution in [3.05, 3.63) is 29.8 Å². The highest BCUT2D eigenvalue weighted by Gasteiger charge is 2.22. The SMILES string of the molecule is C#CCNC(=NC)NCC(c1ccc(OC)cc1)N1CCCCC1.I. The van der Waals surface area contributed by atoms with E-state index in [4.69, 9.17) is 11.2 Å². The van der Waals surface area contributed by atoms with E-state index in [1.807, 2.05) is 12.1 Å². The summed E-state index contributed by atoms with van der Waals surface area (Å²) in [6.45, 7) is 3.52. The lowest BCUT2D eigenvalue weighted by Gasteiger charge is -2.35. The molecule has 1 atom stereocenters. The van der Waals surface area contributed by atoms with Crippen molar-refractivity contribution in [3.63, 3.8) is 0 Å². The predicted molar refractivity (Wildman–Crippen MR) is 115 cm³/mol. The van der Waals surface area contributed by atoms with E-state index in [0.717, 1.165) is 31.3 Å². The Morgan fingerprint density at radius 3 is 2.48 bits per heavy atom. The smallest absolute Gasteiger partial charge is 0.191 e. The van der Waals surface area contributed by atoms with Crippen molar-refractivity contribution in [2.45, 2.75) is 25.3 Å². The van der Waals surface area contributed by atoms with Gasteiger partial charge in [0.1, 0.15) is 5.75 Å². The number of hydrogen-bond donors (Lipinski definition) is 2. The van der Waals surface area contributed by atoms with Crippen LogP contribution in [-0.4, -0.2) is 51.2 Å². The zero-order chi connectivity index (χ0) is 17.2. The predicted octanol–water partition coefficient (Wildman–Crippen LogP) is 2.64. The van der Waals surface area contributed by atoms with Crippen LogP contribution in [0.5, 0.6) is 5.75 Å². The number of piperidine rings is 1. The zero-order valence-electron chi connectivity index (χ0n) is 15.1. The van der Waals surface area contributed by atoms with E-state index in [9.17, 15) is 0 Å². The summed E-state index contributed by atoms with van der Waals surface area (Å²) in [7, 11) is 3.45. The number of nitrogens with zero attached hydrogens (tertiary/aromatic N) is 2. The highest BCUT2D eigenvalue weighted by Crippen LogP contribution is 2.25. The van der Waals surface area contributed by atoms with Crippen LogP contribution in [0.25, 0.3) is 0 Å². The Morgan fingerprint density at radius 2 is 1.92 bits per heavy atom. The van der Waals surface area contributed by atoms with Gasteiger partial charge in [0.2, 0.25) is 0 Å². The van der Waals surface area contributed by atoms with Gasteiger partial charge in [0, 0.05) is 13.6 Å². The van der Waals surface area contributed by atoms with Gasteiger partial charge in [-0.15, -0.1) is 30.4 Å². The quantitative estimate of drug-likeness (QED) is 0.299. The molecule has 6 heteroatoms. The number of guanidine groups is 1. The summed E-state index contributed by atoms with van der Waals surface area (Å²) in [5, 5.41) is 6.51. The van der Waals surface area contributed by atoms with Crippen molar-refractivity contribution < 1.29 is 4.74 Å². The average Bonchev–Trinajstić information content (AvgIpc) is 2.65. The third-order valence-electron chi connectivity index (χ3n) is 4.38. The Labute approximate surface area is 168 Å². The molecule has 0 saturated carbocycles. The highest BCUT2D eigenvalue weighted by molar-refractivity contribution is 14.0. The van der Waals surface area contributed by atoms with Gasteiger partial charge in [0.15, 0.2) is 5.96 Å². The largest absolute Gasteiger partial charge is 0.497 e. The standard InChI is InChI=1S/C19H28N4O.HI/c1-4-12-21-19(20-2)22-15-18(23-13-6-5-7-14-23)16-8-10-17(24-3)11-9-16;/h1,8-11,18H,5-7,12-15H2,2-3H3,(H2,20,21,22);1H. The van der Waals surface area contributed by atoms with E-state index >= 15 is 0 Å². The van der Waals surface area contributed by atoms with Crippen LogP contribution >= 0.6 is 24.0 Å². The monoisotopic (exact) mass is 456 g/mol. The first-order valence-corrected chi connectivity index (χ1v) is 8.54. The fourth-order valence-electron chi connectivity index (χ4n) is 3.06. The number of nitrogens with one attached hydrogen (secondary N) is 2. The minimum atomic E-state index is 0. The van der Waals surface area contributed by atoms with Crippen LogP contribution in [0, 0.1) is 12.3 Å². The van der Waals surface area contributed by atoms with E-state index in [1.165, 1.54) is 24.8 Å². The first-order valence-electron chi connectivity index (χ1n) is 8.54. The minimum absolute atomic E-state index is 0. The normalized spacial score (nSPS) is 16.3. The number of ether oxygens (including phenoxy) is 1. The summed E-state index contributed by atoms with van der Waals surface area (Å²) in [6, 6.07) is 8.66. The number of terminal acetylenes is 1. The summed E-state index contributed by atoms with van der Waals surface area (Å²) >= 11 is 0. The molecular formula is C19H29IN4O. The molecule has 0 aromatic heterocycles. The fraction of sp³-hybridized carbons (Fsp3) is 0.526. The molecule has 25 heavy (non-hydrogen) atoms. The first-order chi connectivity index (χ1) is 11.8. The number of methoxy groups -OCH3 is 1. The third kappa shape index (κ3) is 6.75. The summed E-state index contributed by atoms with van der Waals surface area (Å²) in [5.41, 5.74) is 1.29. The summed E-state index contributed by atoms with van der Waals surface area (Å²) in [4.78, 5) is 6.77. The van der Waals surface area contributed by atoms with Gasteiger partial charge in [-0.25, -0.2) is 0 Å². The molecule has 5 nitrogen and oxygen atoms in total. The second-order valence-corrected chi connectivity index (χ2v) is 5.90. The highest BCUT2D eigenvalue weighted by atomic mass is 127. The van der Waals surface area contributed by atoms with E-state index < -0.39 is 0 Å². The molecule has 1 aromatic rings. The number of halogens is 1. The molecule has 0 amide bonds. The molecule has 1 fully saturated rings. The lowest BCUT2D eigenvalue weighted by atomic mass is 10.0. The number of benzene rings is 1. The van der Waals surface area contributed by atoms with Gasteiger partial charge in [0.05, 0.1) is 19.7 Å². The summed E-state index contributed by atoms with van der Waals surface area (Å²) in [5.74, 6) is 4.20. The Balaban J connectivity index is 0.00000312. The molecule has 1 saturated heterocycles. The molecule has 1 heterocycles. The van der Waals surface area contributed by atoms with Crippen molar-refractivity contribution in [2.24, 2.45) is 4.99 Å². The molecular weight excluding hydrogens is 427 g/mol. The van der Waals surface area contributed by atoms with Crippen molar-refractivity contribution in [2.75, 3.05) is 40.3 Å². The molecule has 138 valence electrons. The van der Waals surface area contributed by atoms with Gasteiger partial charge in [-0.3, -0.25) is 9.89 Å². The number of likely N-dealkylation sites (tertiary alicyclic amines) is 1. The van der Waals surface area contributed by atoms with Gasteiger partial charge in [-0.1, -0.05) is 24.5 Å². The number of aliphatic imine (C=N–C) groups is 1. The second-order valence-electron chi connectivity index (χ2n) is 5.90. The van der Waals surface area contributed by atoms with Crippen molar-refractivity contribution >= 4 is 29.9 Å².